The van der Waals surface area contributed by atoms with Crippen LogP contribution in [-0.4, -0.2) is 85.8 Å². The first-order valence-corrected chi connectivity index (χ1v) is 15.8. The summed E-state index contributed by atoms with van der Waals surface area (Å²) in [6.07, 6.45) is 7.07. The van der Waals surface area contributed by atoms with Gasteiger partial charge in [0.15, 0.2) is 0 Å². The van der Waals surface area contributed by atoms with Crippen LogP contribution in [0, 0.1) is 11.7 Å². The lowest BCUT2D eigenvalue weighted by Gasteiger charge is -2.31. The summed E-state index contributed by atoms with van der Waals surface area (Å²) in [5.74, 6) is -0.909. The van der Waals surface area contributed by atoms with E-state index in [1.54, 1.807) is 16.8 Å². The lowest BCUT2D eigenvalue weighted by molar-refractivity contribution is -0.136. The van der Waals surface area contributed by atoms with Crippen molar-refractivity contribution in [1.29, 1.82) is 0 Å². The fraction of sp³-hybridized carbons (Fsp3) is 0.643. The molecule has 1 aromatic carbocycles. The molecule has 2 aliphatic heterocycles. The highest BCUT2D eigenvalue weighted by Crippen LogP contribution is 2.28. The quantitative estimate of drug-likeness (QED) is 0.416. The van der Waals surface area contributed by atoms with Gasteiger partial charge in [-0.25, -0.2) is 17.8 Å². The van der Waals surface area contributed by atoms with Gasteiger partial charge in [0, 0.05) is 44.3 Å². The van der Waals surface area contributed by atoms with Crippen molar-refractivity contribution in [1.82, 2.24) is 19.4 Å². The smallest absolute Gasteiger partial charge is 0.228 e. The zero-order chi connectivity index (χ0) is 27.2. The number of hydrogen-bond acceptors (Lipinski definition) is 7. The third-order valence-electron chi connectivity index (χ3n) is 8.05. The van der Waals surface area contributed by atoms with E-state index < -0.39 is 21.4 Å². The summed E-state index contributed by atoms with van der Waals surface area (Å²) in [6.45, 7) is 5.57. The molecule has 0 radical (unpaired) electrons. The summed E-state index contributed by atoms with van der Waals surface area (Å²) in [4.78, 5) is 22.2. The monoisotopic (exact) mass is 562 g/mol. The van der Waals surface area contributed by atoms with Gasteiger partial charge in [0.05, 0.1) is 50.1 Å². The van der Waals surface area contributed by atoms with Crippen LogP contribution in [0.5, 0.6) is 0 Å². The molecule has 0 bridgehead atoms. The highest BCUT2D eigenvalue weighted by atomic mass is 32.2. The predicted octanol–water partition coefficient (Wildman–Crippen LogP) is 3.03. The van der Waals surface area contributed by atoms with E-state index in [0.29, 0.717) is 38.6 Å². The van der Waals surface area contributed by atoms with Crippen LogP contribution in [-0.2, 0) is 42.9 Å². The van der Waals surface area contributed by atoms with Gasteiger partial charge in [-0.15, -0.1) is 0 Å². The number of carbonyl (C=O) groups excluding carboxylic acids is 1. The minimum atomic E-state index is -3.96. The highest BCUT2D eigenvalue weighted by molar-refractivity contribution is 7.90. The summed E-state index contributed by atoms with van der Waals surface area (Å²) >= 11 is 0. The lowest BCUT2D eigenvalue weighted by atomic mass is 10.1. The number of imidazole rings is 1. The normalized spacial score (nSPS) is 21.0. The number of nitrogens with zero attached hydrogens (tertiary/aromatic N) is 4. The van der Waals surface area contributed by atoms with Gasteiger partial charge in [0.25, 0.3) is 0 Å². The molecule has 1 saturated carbocycles. The topological polar surface area (TPSA) is 94.0 Å². The number of ether oxygens (including phenoxy) is 2. The van der Waals surface area contributed by atoms with Crippen LogP contribution in [0.2, 0.25) is 0 Å². The van der Waals surface area contributed by atoms with E-state index in [1.165, 1.54) is 18.2 Å². The average Bonchev–Trinajstić information content (AvgIpc) is 3.72. The molecule has 11 heteroatoms. The van der Waals surface area contributed by atoms with Gasteiger partial charge < -0.3 is 18.9 Å². The minimum Gasteiger partial charge on any atom is -0.379 e. The summed E-state index contributed by atoms with van der Waals surface area (Å²) in [5, 5.41) is -0.0994. The summed E-state index contributed by atoms with van der Waals surface area (Å²) in [6, 6.07) is 5.90. The molecule has 3 aliphatic rings. The molecule has 3 heterocycles. The first-order valence-electron chi connectivity index (χ1n) is 14.1. The second-order valence-corrected chi connectivity index (χ2v) is 12.7. The maximum Gasteiger partial charge on any atom is 0.228 e. The second kappa shape index (κ2) is 12.9. The second-order valence-electron chi connectivity index (χ2n) is 10.8. The van der Waals surface area contributed by atoms with Crippen molar-refractivity contribution in [2.45, 2.75) is 68.6 Å². The fourth-order valence-electron chi connectivity index (χ4n) is 5.82. The molecule has 1 amide bonds. The van der Waals surface area contributed by atoms with Crippen LogP contribution in [0.3, 0.4) is 0 Å². The Kier molecular flexibility index (Phi) is 9.32. The number of rotatable bonds is 11. The van der Waals surface area contributed by atoms with E-state index in [0.717, 1.165) is 58.2 Å². The first kappa shape index (κ1) is 28.2. The molecular formula is C28H39FN4O5S. The van der Waals surface area contributed by atoms with Gasteiger partial charge >= 0.3 is 0 Å². The molecule has 214 valence electrons. The van der Waals surface area contributed by atoms with E-state index in [4.69, 9.17) is 9.47 Å². The number of halogens is 1. The van der Waals surface area contributed by atoms with Crippen molar-refractivity contribution in [3.8, 4) is 0 Å². The molecule has 1 aromatic heterocycles. The number of aromatic nitrogens is 2. The molecule has 2 aromatic rings. The zero-order valence-electron chi connectivity index (χ0n) is 22.5. The van der Waals surface area contributed by atoms with Crippen LogP contribution in [0.15, 0.2) is 35.6 Å². The van der Waals surface area contributed by atoms with Crippen LogP contribution in [0.25, 0.3) is 0 Å². The van der Waals surface area contributed by atoms with Crippen LogP contribution in [0.1, 0.15) is 49.8 Å². The SMILES string of the molecule is O=C(C1CCCC1)N(CCN1CCOCC1)Cc1cnc(S(=O)(=O)Cc2ccccc2F)n1C[C@H]1CCCO1. The highest BCUT2D eigenvalue weighted by Gasteiger charge is 2.31. The standard InChI is InChI=1S/C28H39FN4O5S/c29-26-10-4-3-8-23(26)21-39(35,36)28-30-18-24(33(28)20-25-9-5-15-38-25)19-32(27(34)22-6-1-2-7-22)12-11-31-13-16-37-17-14-31/h3-4,8,10,18,22,25H,1-2,5-7,9,11-17,19-21H2/t25-/m1/s1. The number of carbonyl (C=O) groups is 1. The molecule has 1 atom stereocenters. The number of morpholine rings is 1. The summed E-state index contributed by atoms with van der Waals surface area (Å²) < 4.78 is 54.4. The maximum absolute atomic E-state index is 14.3. The Bertz CT molecular complexity index is 1220. The van der Waals surface area contributed by atoms with Gasteiger partial charge in [0.2, 0.25) is 20.9 Å². The molecule has 2 saturated heterocycles. The number of hydrogen-bond donors (Lipinski definition) is 0. The van der Waals surface area contributed by atoms with E-state index in [1.807, 2.05) is 4.90 Å². The molecule has 5 rings (SSSR count). The molecule has 0 N–H and O–H groups in total. The third-order valence-corrected chi connectivity index (χ3v) is 9.63. The van der Waals surface area contributed by atoms with Gasteiger partial charge in [0.1, 0.15) is 5.82 Å². The lowest BCUT2D eigenvalue weighted by Crippen LogP contribution is -2.44. The Morgan fingerprint density at radius 1 is 1.08 bits per heavy atom. The minimum absolute atomic E-state index is 0.00786. The predicted molar refractivity (Wildman–Crippen MR) is 143 cm³/mol. The van der Waals surface area contributed by atoms with Gasteiger partial charge in [-0.3, -0.25) is 9.69 Å². The van der Waals surface area contributed by atoms with Crippen molar-refractivity contribution in [3.63, 3.8) is 0 Å². The molecule has 39 heavy (non-hydrogen) atoms. The summed E-state index contributed by atoms with van der Waals surface area (Å²) in [5.41, 5.74) is 0.764. The van der Waals surface area contributed by atoms with Crippen LogP contribution >= 0.6 is 0 Å². The summed E-state index contributed by atoms with van der Waals surface area (Å²) in [7, 11) is -3.96. The number of sulfone groups is 1. The number of benzene rings is 1. The molecular weight excluding hydrogens is 523 g/mol. The van der Waals surface area contributed by atoms with E-state index >= 15 is 0 Å². The molecule has 0 unspecified atom stereocenters. The van der Waals surface area contributed by atoms with Crippen molar-refractivity contribution in [2.24, 2.45) is 5.92 Å². The maximum atomic E-state index is 14.3. The van der Waals surface area contributed by atoms with E-state index in [2.05, 4.69) is 9.88 Å². The van der Waals surface area contributed by atoms with Crippen LogP contribution in [0.4, 0.5) is 4.39 Å². The number of amides is 1. The molecule has 1 aliphatic carbocycles. The molecule has 9 nitrogen and oxygen atoms in total. The molecule has 0 spiro atoms. The fourth-order valence-corrected chi connectivity index (χ4v) is 7.33. The third kappa shape index (κ3) is 7.06. The Hall–Kier alpha value is -2.34. The van der Waals surface area contributed by atoms with Crippen molar-refractivity contribution >= 4 is 15.7 Å². The Balaban J connectivity index is 1.41. The van der Waals surface area contributed by atoms with E-state index in [9.17, 15) is 17.6 Å². The largest absolute Gasteiger partial charge is 0.379 e. The van der Waals surface area contributed by atoms with Crippen LogP contribution < -0.4 is 0 Å². The van der Waals surface area contributed by atoms with Crippen molar-refractivity contribution in [3.05, 3.63) is 47.5 Å². The molecule has 3 fully saturated rings. The van der Waals surface area contributed by atoms with Gasteiger partial charge in [-0.05, 0) is 31.7 Å². The average molecular weight is 563 g/mol. The Labute approximate surface area is 230 Å². The van der Waals surface area contributed by atoms with Gasteiger partial charge in [-0.2, -0.15) is 0 Å². The van der Waals surface area contributed by atoms with Crippen molar-refractivity contribution in [2.75, 3.05) is 46.0 Å². The Morgan fingerprint density at radius 2 is 1.85 bits per heavy atom. The van der Waals surface area contributed by atoms with E-state index in [-0.39, 0.29) is 35.2 Å². The first-order chi connectivity index (χ1) is 18.9. The van der Waals surface area contributed by atoms with Crippen molar-refractivity contribution < 1.29 is 27.1 Å². The zero-order valence-corrected chi connectivity index (χ0v) is 23.3. The Morgan fingerprint density at radius 3 is 2.56 bits per heavy atom. The van der Waals surface area contributed by atoms with Gasteiger partial charge in [-0.1, -0.05) is 31.0 Å².